The van der Waals surface area contributed by atoms with Gasteiger partial charge in [-0.3, -0.25) is 4.79 Å². The third-order valence-corrected chi connectivity index (χ3v) is 4.36. The number of amides is 1. The SMILES string of the molecule is CCOC(=O)c1cccc(C(=O)Nc2ccc(Cc3cc(C(C)(C)C)on3)cc2)n1. The average molecular weight is 407 g/mol. The van der Waals surface area contributed by atoms with Crippen LogP contribution in [-0.2, 0) is 16.6 Å². The van der Waals surface area contributed by atoms with E-state index in [4.69, 9.17) is 9.26 Å². The summed E-state index contributed by atoms with van der Waals surface area (Å²) in [5, 5.41) is 6.92. The molecule has 0 saturated carbocycles. The lowest BCUT2D eigenvalue weighted by atomic mass is 9.93. The summed E-state index contributed by atoms with van der Waals surface area (Å²) >= 11 is 0. The molecule has 0 unspecified atom stereocenters. The molecule has 30 heavy (non-hydrogen) atoms. The zero-order chi connectivity index (χ0) is 21.7. The van der Waals surface area contributed by atoms with Crippen molar-refractivity contribution < 1.29 is 18.8 Å². The first-order valence-corrected chi connectivity index (χ1v) is 9.77. The fourth-order valence-corrected chi connectivity index (χ4v) is 2.74. The lowest BCUT2D eigenvalue weighted by Crippen LogP contribution is -2.16. The first kappa shape index (κ1) is 21.2. The maximum Gasteiger partial charge on any atom is 0.356 e. The smallest absolute Gasteiger partial charge is 0.356 e. The molecule has 0 aliphatic carbocycles. The van der Waals surface area contributed by atoms with Crippen LogP contribution in [0.2, 0.25) is 0 Å². The number of carbonyl (C=O) groups is 2. The van der Waals surface area contributed by atoms with E-state index in [1.165, 1.54) is 6.07 Å². The van der Waals surface area contributed by atoms with Gasteiger partial charge in [0, 0.05) is 23.6 Å². The number of aromatic nitrogens is 2. The zero-order valence-electron chi connectivity index (χ0n) is 17.6. The second kappa shape index (κ2) is 8.90. The minimum absolute atomic E-state index is 0.0853. The molecule has 0 radical (unpaired) electrons. The Morgan fingerprint density at radius 1 is 1.07 bits per heavy atom. The van der Waals surface area contributed by atoms with E-state index in [9.17, 15) is 9.59 Å². The fourth-order valence-electron chi connectivity index (χ4n) is 2.74. The highest BCUT2D eigenvalue weighted by Gasteiger charge is 2.19. The van der Waals surface area contributed by atoms with Gasteiger partial charge in [0.15, 0.2) is 0 Å². The fraction of sp³-hybridized carbons (Fsp3) is 0.304. The standard InChI is InChI=1S/C23H25N3O4/c1-5-29-22(28)19-8-6-7-18(25-19)21(27)24-16-11-9-15(10-12-16)13-17-14-20(30-26-17)23(2,3)4/h6-12,14H,5,13H2,1-4H3,(H,24,27). The van der Waals surface area contributed by atoms with Crippen molar-refractivity contribution in [2.45, 2.75) is 39.5 Å². The number of hydrogen-bond acceptors (Lipinski definition) is 6. The molecule has 0 fully saturated rings. The first-order valence-electron chi connectivity index (χ1n) is 9.77. The van der Waals surface area contributed by atoms with Gasteiger partial charge in [0.25, 0.3) is 5.91 Å². The van der Waals surface area contributed by atoms with E-state index in [2.05, 4.69) is 36.2 Å². The van der Waals surface area contributed by atoms with E-state index in [-0.39, 0.29) is 23.4 Å². The Morgan fingerprint density at radius 3 is 2.40 bits per heavy atom. The summed E-state index contributed by atoms with van der Waals surface area (Å²) in [4.78, 5) is 28.3. The summed E-state index contributed by atoms with van der Waals surface area (Å²) < 4.78 is 10.3. The quantitative estimate of drug-likeness (QED) is 0.609. The van der Waals surface area contributed by atoms with Crippen LogP contribution >= 0.6 is 0 Å². The number of hydrogen-bond donors (Lipinski definition) is 1. The Kier molecular flexibility index (Phi) is 6.30. The second-order valence-electron chi connectivity index (χ2n) is 7.89. The van der Waals surface area contributed by atoms with E-state index in [1.807, 2.05) is 30.3 Å². The van der Waals surface area contributed by atoms with Crippen LogP contribution in [-0.4, -0.2) is 28.6 Å². The average Bonchev–Trinajstić information content (AvgIpc) is 3.19. The van der Waals surface area contributed by atoms with Gasteiger partial charge in [0.1, 0.15) is 17.1 Å². The number of benzene rings is 1. The maximum atomic E-state index is 12.5. The van der Waals surface area contributed by atoms with Gasteiger partial charge >= 0.3 is 5.97 Å². The van der Waals surface area contributed by atoms with Gasteiger partial charge in [0.05, 0.1) is 12.3 Å². The van der Waals surface area contributed by atoms with Crippen molar-refractivity contribution in [3.63, 3.8) is 0 Å². The van der Waals surface area contributed by atoms with Crippen molar-refractivity contribution in [3.8, 4) is 0 Å². The van der Waals surface area contributed by atoms with Gasteiger partial charge in [-0.1, -0.05) is 44.1 Å². The van der Waals surface area contributed by atoms with Crippen LogP contribution in [0.15, 0.2) is 53.1 Å². The third kappa shape index (κ3) is 5.31. The molecule has 1 aromatic carbocycles. The number of rotatable bonds is 6. The highest BCUT2D eigenvalue weighted by molar-refractivity contribution is 6.03. The number of ether oxygens (including phenoxy) is 1. The van der Waals surface area contributed by atoms with Crippen LogP contribution in [0.25, 0.3) is 0 Å². The molecule has 3 rings (SSSR count). The molecular weight excluding hydrogens is 382 g/mol. The summed E-state index contributed by atoms with van der Waals surface area (Å²) in [5.41, 5.74) is 2.69. The molecule has 1 amide bonds. The highest BCUT2D eigenvalue weighted by Crippen LogP contribution is 2.24. The summed E-state index contributed by atoms with van der Waals surface area (Å²) in [5.74, 6) is -0.113. The molecule has 7 heteroatoms. The van der Waals surface area contributed by atoms with Gasteiger partial charge in [-0.25, -0.2) is 9.78 Å². The molecule has 0 bridgehead atoms. The van der Waals surface area contributed by atoms with Gasteiger partial charge in [-0.05, 0) is 36.8 Å². The van der Waals surface area contributed by atoms with Crippen LogP contribution in [0, 0.1) is 0 Å². The van der Waals surface area contributed by atoms with Crippen molar-refractivity contribution >= 4 is 17.6 Å². The molecule has 0 atom stereocenters. The molecule has 0 spiro atoms. The second-order valence-corrected chi connectivity index (χ2v) is 7.89. The Hall–Kier alpha value is -3.48. The predicted octanol–water partition coefficient (Wildman–Crippen LogP) is 4.39. The summed E-state index contributed by atoms with van der Waals surface area (Å²) in [6, 6.07) is 14.1. The number of esters is 1. The monoisotopic (exact) mass is 407 g/mol. The highest BCUT2D eigenvalue weighted by atomic mass is 16.5. The van der Waals surface area contributed by atoms with E-state index in [0.29, 0.717) is 12.1 Å². The molecule has 3 aromatic rings. The molecule has 0 saturated heterocycles. The van der Waals surface area contributed by atoms with Crippen molar-refractivity contribution in [2.75, 3.05) is 11.9 Å². The minimum atomic E-state index is -0.557. The number of anilines is 1. The summed E-state index contributed by atoms with van der Waals surface area (Å²) in [7, 11) is 0. The normalized spacial score (nSPS) is 11.2. The maximum absolute atomic E-state index is 12.5. The van der Waals surface area contributed by atoms with Gasteiger partial charge in [-0.15, -0.1) is 0 Å². The van der Waals surface area contributed by atoms with Crippen molar-refractivity contribution in [1.29, 1.82) is 0 Å². The number of nitrogens with one attached hydrogen (secondary N) is 1. The van der Waals surface area contributed by atoms with Gasteiger partial charge < -0.3 is 14.6 Å². The predicted molar refractivity (Wildman–Crippen MR) is 113 cm³/mol. The first-order chi connectivity index (χ1) is 14.3. The molecule has 2 heterocycles. The molecule has 0 aliphatic rings. The largest absolute Gasteiger partial charge is 0.461 e. The zero-order valence-corrected chi connectivity index (χ0v) is 17.6. The molecular formula is C23H25N3O4. The van der Waals surface area contributed by atoms with Crippen LogP contribution in [0.4, 0.5) is 5.69 Å². The lowest BCUT2D eigenvalue weighted by molar-refractivity contribution is 0.0519. The van der Waals surface area contributed by atoms with E-state index >= 15 is 0 Å². The molecule has 2 aromatic heterocycles. The number of carbonyl (C=O) groups excluding carboxylic acids is 2. The summed E-state index contributed by atoms with van der Waals surface area (Å²) in [6.07, 6.45) is 0.636. The van der Waals surface area contributed by atoms with Crippen LogP contribution in [0.1, 0.15) is 65.7 Å². The molecule has 0 aliphatic heterocycles. The Labute approximate surface area is 175 Å². The van der Waals surface area contributed by atoms with E-state index < -0.39 is 11.9 Å². The topological polar surface area (TPSA) is 94.3 Å². The third-order valence-electron chi connectivity index (χ3n) is 4.36. The van der Waals surface area contributed by atoms with Crippen molar-refractivity contribution in [2.24, 2.45) is 0 Å². The molecule has 156 valence electrons. The lowest BCUT2D eigenvalue weighted by Gasteiger charge is -2.12. The van der Waals surface area contributed by atoms with E-state index in [1.54, 1.807) is 19.1 Å². The minimum Gasteiger partial charge on any atom is -0.461 e. The van der Waals surface area contributed by atoms with Crippen molar-refractivity contribution in [3.05, 3.63) is 76.9 Å². The summed E-state index contributed by atoms with van der Waals surface area (Å²) in [6.45, 7) is 8.18. The van der Waals surface area contributed by atoms with Crippen LogP contribution < -0.4 is 5.32 Å². The molecule has 1 N–H and O–H groups in total. The van der Waals surface area contributed by atoms with Crippen molar-refractivity contribution in [1.82, 2.24) is 10.1 Å². The number of nitrogens with zero attached hydrogens (tertiary/aromatic N) is 2. The molecule has 7 nitrogen and oxygen atoms in total. The van der Waals surface area contributed by atoms with Gasteiger partial charge in [-0.2, -0.15) is 0 Å². The number of pyridine rings is 1. The Morgan fingerprint density at radius 2 is 1.77 bits per heavy atom. The van der Waals surface area contributed by atoms with Crippen LogP contribution in [0.3, 0.4) is 0 Å². The Balaban J connectivity index is 1.64. The van der Waals surface area contributed by atoms with E-state index in [0.717, 1.165) is 17.0 Å². The van der Waals surface area contributed by atoms with Crippen LogP contribution in [0.5, 0.6) is 0 Å². The van der Waals surface area contributed by atoms with Gasteiger partial charge in [0.2, 0.25) is 0 Å². The Bertz CT molecular complexity index is 1030.